The van der Waals surface area contributed by atoms with Crippen LogP contribution in [0.1, 0.15) is 5.56 Å². The maximum Gasteiger partial charge on any atom is 0.280 e. The lowest BCUT2D eigenvalue weighted by molar-refractivity contribution is -0.394. The molecule has 0 radical (unpaired) electrons. The summed E-state index contributed by atoms with van der Waals surface area (Å²) in [5.41, 5.74) is -0.429. The van der Waals surface area contributed by atoms with Gasteiger partial charge in [-0.1, -0.05) is 0 Å². The third kappa shape index (κ3) is 5.81. The van der Waals surface area contributed by atoms with E-state index in [1.807, 2.05) is 0 Å². The zero-order valence-corrected chi connectivity index (χ0v) is 11.9. The number of non-ortho nitro benzene ring substituents is 1. The van der Waals surface area contributed by atoms with E-state index in [1.54, 1.807) is 0 Å². The molecule has 0 saturated carbocycles. The summed E-state index contributed by atoms with van der Waals surface area (Å²) in [7, 11) is -3.28. The molecule has 0 unspecified atom stereocenters. The molecule has 116 valence electrons. The molecule has 0 heterocycles. The highest BCUT2D eigenvalue weighted by Crippen LogP contribution is 2.24. The van der Waals surface area contributed by atoms with Gasteiger partial charge >= 0.3 is 0 Å². The number of hydrogen-bond donors (Lipinski definition) is 2. The Bertz CT molecular complexity index is 645. The summed E-state index contributed by atoms with van der Waals surface area (Å²) in [5.74, 6) is 0. The molecule has 10 nitrogen and oxygen atoms in total. The van der Waals surface area contributed by atoms with Crippen LogP contribution in [0.4, 0.5) is 11.4 Å². The van der Waals surface area contributed by atoms with Crippen molar-refractivity contribution in [1.29, 1.82) is 0 Å². The smallest absolute Gasteiger partial charge is 0.280 e. The van der Waals surface area contributed by atoms with E-state index in [-0.39, 0.29) is 36.6 Å². The Morgan fingerprint density at radius 1 is 1.14 bits per heavy atom. The second-order valence-electron chi connectivity index (χ2n) is 4.17. The normalized spacial score (nSPS) is 11.3. The van der Waals surface area contributed by atoms with Gasteiger partial charge in [0.05, 0.1) is 22.2 Å². The lowest BCUT2D eigenvalue weighted by Gasteiger charge is -2.06. The molecular weight excluding hydrogens is 304 g/mol. The predicted molar refractivity (Wildman–Crippen MR) is 74.3 cm³/mol. The van der Waals surface area contributed by atoms with E-state index in [0.717, 1.165) is 12.3 Å². The summed E-state index contributed by atoms with van der Waals surface area (Å²) in [6.07, 6.45) is 1.02. The van der Waals surface area contributed by atoms with Crippen molar-refractivity contribution in [3.8, 4) is 0 Å². The Labute approximate surface area is 120 Å². The fourth-order valence-corrected chi connectivity index (χ4v) is 2.01. The number of nitro groups is 2. The van der Waals surface area contributed by atoms with E-state index in [1.165, 1.54) is 12.1 Å². The van der Waals surface area contributed by atoms with E-state index in [9.17, 15) is 28.6 Å². The van der Waals surface area contributed by atoms with Gasteiger partial charge in [0.15, 0.2) is 0 Å². The van der Waals surface area contributed by atoms with Crippen molar-refractivity contribution < 1.29 is 18.3 Å². The highest BCUT2D eigenvalue weighted by Gasteiger charge is 2.18. The first-order valence-electron chi connectivity index (χ1n) is 5.78. The summed E-state index contributed by atoms with van der Waals surface area (Å²) < 4.78 is 23.9. The molecule has 1 aromatic rings. The monoisotopic (exact) mass is 318 g/mol. The van der Waals surface area contributed by atoms with E-state index < -0.39 is 19.9 Å². The van der Waals surface area contributed by atoms with Gasteiger partial charge in [-0.15, -0.1) is 0 Å². The average Bonchev–Trinajstić information content (AvgIpc) is 2.36. The fourth-order valence-electron chi connectivity index (χ4n) is 1.53. The first-order chi connectivity index (χ1) is 9.70. The van der Waals surface area contributed by atoms with Crippen molar-refractivity contribution in [3.63, 3.8) is 0 Å². The van der Waals surface area contributed by atoms with Gasteiger partial charge in [0.25, 0.3) is 11.4 Å². The van der Waals surface area contributed by atoms with Crippen molar-refractivity contribution in [2.24, 2.45) is 0 Å². The summed E-state index contributed by atoms with van der Waals surface area (Å²) in [4.78, 5) is 20.1. The highest BCUT2D eigenvalue weighted by atomic mass is 32.2. The summed E-state index contributed by atoms with van der Waals surface area (Å²) >= 11 is 0. The van der Waals surface area contributed by atoms with Gasteiger partial charge in [0.2, 0.25) is 10.0 Å². The third-order valence-electron chi connectivity index (χ3n) is 2.46. The van der Waals surface area contributed by atoms with Crippen LogP contribution in [-0.4, -0.2) is 37.6 Å². The van der Waals surface area contributed by atoms with Gasteiger partial charge in [-0.3, -0.25) is 20.2 Å². The molecule has 1 rings (SSSR count). The lowest BCUT2D eigenvalue weighted by atomic mass is 10.1. The average molecular weight is 318 g/mol. The zero-order chi connectivity index (χ0) is 16.0. The fraction of sp³-hybridized carbons (Fsp3) is 0.400. The van der Waals surface area contributed by atoms with E-state index >= 15 is 0 Å². The quantitative estimate of drug-likeness (QED) is 0.394. The molecule has 21 heavy (non-hydrogen) atoms. The van der Waals surface area contributed by atoms with Crippen molar-refractivity contribution in [1.82, 2.24) is 10.0 Å². The predicted octanol–water partition coefficient (Wildman–Crippen LogP) is 0.142. The number of nitrogens with one attached hydrogen (secondary N) is 2. The minimum atomic E-state index is -3.28. The number of nitrogens with zero attached hydrogens (tertiary/aromatic N) is 2. The van der Waals surface area contributed by atoms with Crippen LogP contribution in [0, 0.1) is 20.2 Å². The van der Waals surface area contributed by atoms with Gasteiger partial charge in [-0.05, 0) is 6.07 Å². The van der Waals surface area contributed by atoms with Crippen LogP contribution in [0.5, 0.6) is 0 Å². The minimum absolute atomic E-state index is 0.0970. The lowest BCUT2D eigenvalue weighted by Crippen LogP contribution is -2.30. The molecule has 2 N–H and O–H groups in total. The summed E-state index contributed by atoms with van der Waals surface area (Å²) in [5, 5.41) is 24.3. The maximum atomic E-state index is 10.9. The summed E-state index contributed by atoms with van der Waals surface area (Å²) in [6.45, 7) is 0.501. The molecule has 0 aliphatic carbocycles. The van der Waals surface area contributed by atoms with E-state index in [0.29, 0.717) is 0 Å². The van der Waals surface area contributed by atoms with E-state index in [2.05, 4.69) is 10.0 Å². The molecule has 0 aromatic heterocycles. The van der Waals surface area contributed by atoms with Crippen LogP contribution in [-0.2, 0) is 16.6 Å². The van der Waals surface area contributed by atoms with Crippen molar-refractivity contribution >= 4 is 21.4 Å². The molecule has 0 saturated heterocycles. The second kappa shape index (κ2) is 7.06. The van der Waals surface area contributed by atoms with Gasteiger partial charge < -0.3 is 5.32 Å². The van der Waals surface area contributed by atoms with Crippen LogP contribution in [0.15, 0.2) is 18.2 Å². The molecule has 0 fully saturated rings. The molecule has 0 spiro atoms. The van der Waals surface area contributed by atoms with Gasteiger partial charge in [0.1, 0.15) is 0 Å². The Morgan fingerprint density at radius 3 is 2.33 bits per heavy atom. The van der Waals surface area contributed by atoms with Crippen molar-refractivity contribution in [2.45, 2.75) is 6.54 Å². The minimum Gasteiger partial charge on any atom is -0.311 e. The first-order valence-corrected chi connectivity index (χ1v) is 7.67. The molecule has 0 bridgehead atoms. The molecule has 1 aromatic carbocycles. The van der Waals surface area contributed by atoms with Gasteiger partial charge in [0, 0.05) is 31.3 Å². The molecule has 0 amide bonds. The van der Waals surface area contributed by atoms with Crippen LogP contribution in [0.3, 0.4) is 0 Å². The number of rotatable bonds is 8. The molecule has 11 heteroatoms. The van der Waals surface area contributed by atoms with E-state index in [4.69, 9.17) is 0 Å². The van der Waals surface area contributed by atoms with Crippen LogP contribution < -0.4 is 10.0 Å². The number of sulfonamides is 1. The molecule has 0 atom stereocenters. The Balaban J connectivity index is 2.66. The van der Waals surface area contributed by atoms with Gasteiger partial charge in [-0.25, -0.2) is 13.1 Å². The Morgan fingerprint density at radius 2 is 1.81 bits per heavy atom. The number of nitro benzene ring substituents is 2. The Hall–Kier alpha value is -2.11. The van der Waals surface area contributed by atoms with Crippen LogP contribution in [0.2, 0.25) is 0 Å². The topological polar surface area (TPSA) is 144 Å². The second-order valence-corrected chi connectivity index (χ2v) is 6.00. The molecular formula is C10H14N4O6S. The highest BCUT2D eigenvalue weighted by molar-refractivity contribution is 7.88. The summed E-state index contributed by atoms with van der Waals surface area (Å²) in [6, 6.07) is 3.37. The zero-order valence-electron chi connectivity index (χ0n) is 11.1. The first kappa shape index (κ1) is 16.9. The number of hydrogen-bond acceptors (Lipinski definition) is 7. The van der Waals surface area contributed by atoms with Crippen molar-refractivity contribution in [2.75, 3.05) is 19.3 Å². The van der Waals surface area contributed by atoms with Crippen LogP contribution in [0.25, 0.3) is 0 Å². The largest absolute Gasteiger partial charge is 0.311 e. The van der Waals surface area contributed by atoms with Crippen LogP contribution >= 0.6 is 0 Å². The number of benzene rings is 1. The Kier molecular flexibility index (Phi) is 5.69. The molecule has 0 aliphatic heterocycles. The van der Waals surface area contributed by atoms with Crippen molar-refractivity contribution in [3.05, 3.63) is 44.0 Å². The standard InChI is InChI=1S/C10H14N4O6S/c1-21(19,20)12-5-4-11-7-8-2-3-9(13(15)16)6-10(8)14(17)18/h2-3,6,11-12H,4-5,7H2,1H3. The molecule has 0 aliphatic rings. The SMILES string of the molecule is CS(=O)(=O)NCCNCc1ccc([N+](=O)[O-])cc1[N+](=O)[O-]. The third-order valence-corrected chi connectivity index (χ3v) is 3.19. The maximum absolute atomic E-state index is 10.9. The van der Waals surface area contributed by atoms with Gasteiger partial charge in [-0.2, -0.15) is 0 Å².